The van der Waals surface area contributed by atoms with Crippen LogP contribution in [-0.2, 0) is 9.59 Å². The van der Waals surface area contributed by atoms with E-state index in [1.807, 2.05) is 0 Å². The molecule has 2 rings (SSSR count). The summed E-state index contributed by atoms with van der Waals surface area (Å²) < 4.78 is 0. The average molecular weight is 360 g/mol. The first-order chi connectivity index (χ1) is 11.1. The van der Waals surface area contributed by atoms with Gasteiger partial charge in [-0.25, -0.2) is 0 Å². The van der Waals surface area contributed by atoms with Crippen LogP contribution in [0.2, 0.25) is 0 Å². The standard InChI is InChI=1S/C18H33N3O2.ClH/c19-14-18(10-5-2-6-11-18)13-17(23)20-12-9-16(22)21-15-7-3-1-4-8-15;/h15H,1-14,19H2,(H,20,23)(H,21,22);1H. The Morgan fingerprint density at radius 1 is 0.958 bits per heavy atom. The maximum Gasteiger partial charge on any atom is 0.221 e. The molecule has 2 aliphatic carbocycles. The van der Waals surface area contributed by atoms with Gasteiger partial charge < -0.3 is 16.4 Å². The predicted octanol–water partition coefficient (Wildman–Crippen LogP) is 2.66. The van der Waals surface area contributed by atoms with E-state index in [0.29, 0.717) is 32.0 Å². The molecule has 2 aliphatic rings. The molecular formula is C18H34ClN3O2. The fourth-order valence-electron chi connectivity index (χ4n) is 4.02. The van der Waals surface area contributed by atoms with E-state index in [1.165, 1.54) is 38.5 Å². The van der Waals surface area contributed by atoms with Crippen molar-refractivity contribution in [3.8, 4) is 0 Å². The number of carbonyl (C=O) groups excluding carboxylic acids is 2. The lowest BCUT2D eigenvalue weighted by atomic mass is 9.71. The molecule has 0 heterocycles. The minimum atomic E-state index is -0.00725. The monoisotopic (exact) mass is 359 g/mol. The molecule has 0 atom stereocenters. The van der Waals surface area contributed by atoms with Crippen LogP contribution in [-0.4, -0.2) is 30.9 Å². The van der Waals surface area contributed by atoms with Gasteiger partial charge in [-0.2, -0.15) is 0 Å². The molecule has 0 saturated heterocycles. The van der Waals surface area contributed by atoms with Crippen LogP contribution in [0.15, 0.2) is 0 Å². The molecule has 24 heavy (non-hydrogen) atoms. The van der Waals surface area contributed by atoms with Crippen LogP contribution < -0.4 is 16.4 Å². The summed E-state index contributed by atoms with van der Waals surface area (Å²) in [7, 11) is 0. The normalized spacial score (nSPS) is 20.7. The molecule has 2 fully saturated rings. The predicted molar refractivity (Wildman–Crippen MR) is 99.1 cm³/mol. The lowest BCUT2D eigenvalue weighted by Crippen LogP contribution is -2.40. The van der Waals surface area contributed by atoms with E-state index >= 15 is 0 Å². The molecule has 0 spiro atoms. The molecular weight excluding hydrogens is 326 g/mol. The van der Waals surface area contributed by atoms with Crippen molar-refractivity contribution in [2.75, 3.05) is 13.1 Å². The summed E-state index contributed by atoms with van der Waals surface area (Å²) >= 11 is 0. The van der Waals surface area contributed by atoms with Gasteiger partial charge in [0.25, 0.3) is 0 Å². The summed E-state index contributed by atoms with van der Waals surface area (Å²) in [4.78, 5) is 24.1. The third-order valence-electron chi connectivity index (χ3n) is 5.53. The van der Waals surface area contributed by atoms with E-state index in [9.17, 15) is 9.59 Å². The van der Waals surface area contributed by atoms with Crippen LogP contribution in [0.5, 0.6) is 0 Å². The van der Waals surface area contributed by atoms with Crippen LogP contribution in [0.25, 0.3) is 0 Å². The molecule has 4 N–H and O–H groups in total. The van der Waals surface area contributed by atoms with Gasteiger partial charge >= 0.3 is 0 Å². The molecule has 0 radical (unpaired) electrons. The first kappa shape index (κ1) is 21.2. The number of hydrogen-bond acceptors (Lipinski definition) is 3. The van der Waals surface area contributed by atoms with Gasteiger partial charge in [-0.3, -0.25) is 9.59 Å². The number of nitrogens with two attached hydrogens (primary N) is 1. The highest BCUT2D eigenvalue weighted by Gasteiger charge is 2.32. The maximum atomic E-state index is 12.1. The second-order valence-electron chi connectivity index (χ2n) is 7.44. The molecule has 2 amide bonds. The minimum absolute atomic E-state index is 0. The lowest BCUT2D eigenvalue weighted by Gasteiger charge is -2.35. The van der Waals surface area contributed by atoms with Gasteiger partial charge in [-0.15, -0.1) is 12.4 Å². The van der Waals surface area contributed by atoms with Crippen molar-refractivity contribution in [1.29, 1.82) is 0 Å². The molecule has 0 bridgehead atoms. The highest BCUT2D eigenvalue weighted by Crippen LogP contribution is 2.38. The molecule has 5 nitrogen and oxygen atoms in total. The van der Waals surface area contributed by atoms with Gasteiger partial charge in [-0.05, 0) is 37.6 Å². The highest BCUT2D eigenvalue weighted by molar-refractivity contribution is 5.85. The van der Waals surface area contributed by atoms with Crippen molar-refractivity contribution in [3.05, 3.63) is 0 Å². The summed E-state index contributed by atoms with van der Waals surface area (Å²) in [5.74, 6) is 0.103. The van der Waals surface area contributed by atoms with E-state index in [0.717, 1.165) is 25.7 Å². The molecule has 0 aromatic carbocycles. The van der Waals surface area contributed by atoms with Gasteiger partial charge in [0.15, 0.2) is 0 Å². The van der Waals surface area contributed by atoms with Gasteiger partial charge in [0.05, 0.1) is 0 Å². The molecule has 0 aromatic rings. The first-order valence-corrected chi connectivity index (χ1v) is 9.40. The number of hydrogen-bond donors (Lipinski definition) is 3. The molecule has 2 saturated carbocycles. The summed E-state index contributed by atoms with van der Waals surface area (Å²) in [5.41, 5.74) is 5.92. The minimum Gasteiger partial charge on any atom is -0.356 e. The van der Waals surface area contributed by atoms with E-state index < -0.39 is 0 Å². The number of nitrogens with one attached hydrogen (secondary N) is 2. The Bertz CT molecular complexity index is 392. The third-order valence-corrected chi connectivity index (χ3v) is 5.53. The van der Waals surface area contributed by atoms with Gasteiger partial charge in [0.1, 0.15) is 0 Å². The van der Waals surface area contributed by atoms with Crippen LogP contribution in [0.1, 0.15) is 77.0 Å². The number of amides is 2. The zero-order chi connectivity index (χ0) is 16.5. The average Bonchev–Trinajstić information content (AvgIpc) is 2.56. The second-order valence-corrected chi connectivity index (χ2v) is 7.44. The number of rotatable bonds is 7. The Hall–Kier alpha value is -0.810. The van der Waals surface area contributed by atoms with Crippen molar-refractivity contribution in [1.82, 2.24) is 10.6 Å². The Balaban J connectivity index is 0.00000288. The summed E-state index contributed by atoms with van der Waals surface area (Å²) in [6.45, 7) is 1.01. The maximum absolute atomic E-state index is 12.1. The fraction of sp³-hybridized carbons (Fsp3) is 0.889. The Morgan fingerprint density at radius 2 is 1.58 bits per heavy atom. The molecule has 0 aliphatic heterocycles. The topological polar surface area (TPSA) is 84.2 Å². The van der Waals surface area contributed by atoms with Gasteiger partial charge in [-0.1, -0.05) is 38.5 Å². The lowest BCUT2D eigenvalue weighted by molar-refractivity contribution is -0.124. The van der Waals surface area contributed by atoms with Crippen LogP contribution in [0, 0.1) is 5.41 Å². The van der Waals surface area contributed by atoms with Crippen molar-refractivity contribution in [2.24, 2.45) is 11.1 Å². The van der Waals surface area contributed by atoms with Gasteiger partial charge in [0.2, 0.25) is 11.8 Å². The fourth-order valence-corrected chi connectivity index (χ4v) is 4.02. The van der Waals surface area contributed by atoms with Gasteiger partial charge in [0, 0.05) is 25.4 Å². The smallest absolute Gasteiger partial charge is 0.221 e. The van der Waals surface area contributed by atoms with Crippen molar-refractivity contribution in [2.45, 2.75) is 83.1 Å². The summed E-state index contributed by atoms with van der Waals surface area (Å²) in [5, 5.41) is 5.98. The van der Waals surface area contributed by atoms with Crippen molar-refractivity contribution >= 4 is 24.2 Å². The first-order valence-electron chi connectivity index (χ1n) is 9.40. The van der Waals surface area contributed by atoms with Crippen LogP contribution in [0.3, 0.4) is 0 Å². The Morgan fingerprint density at radius 3 is 2.21 bits per heavy atom. The second kappa shape index (κ2) is 10.9. The third kappa shape index (κ3) is 6.98. The van der Waals surface area contributed by atoms with E-state index in [4.69, 9.17) is 5.73 Å². The van der Waals surface area contributed by atoms with E-state index in [-0.39, 0.29) is 29.6 Å². The van der Waals surface area contributed by atoms with E-state index in [1.54, 1.807) is 0 Å². The largest absolute Gasteiger partial charge is 0.356 e. The number of halogens is 1. The number of carbonyl (C=O) groups is 2. The van der Waals surface area contributed by atoms with Crippen LogP contribution in [0.4, 0.5) is 0 Å². The summed E-state index contributed by atoms with van der Waals surface area (Å²) in [6.07, 6.45) is 12.5. The zero-order valence-electron chi connectivity index (χ0n) is 14.8. The van der Waals surface area contributed by atoms with Crippen molar-refractivity contribution < 1.29 is 9.59 Å². The highest BCUT2D eigenvalue weighted by atomic mass is 35.5. The molecule has 0 unspecified atom stereocenters. The molecule has 0 aromatic heterocycles. The SMILES string of the molecule is Cl.NCC1(CC(=O)NCCC(=O)NC2CCCCC2)CCCCC1. The summed E-state index contributed by atoms with van der Waals surface area (Å²) in [6, 6.07) is 0.342. The van der Waals surface area contributed by atoms with Crippen LogP contribution >= 0.6 is 12.4 Å². The van der Waals surface area contributed by atoms with E-state index in [2.05, 4.69) is 10.6 Å². The Labute approximate surface area is 152 Å². The van der Waals surface area contributed by atoms with Crippen molar-refractivity contribution in [3.63, 3.8) is 0 Å². The zero-order valence-corrected chi connectivity index (χ0v) is 15.6. The molecule has 140 valence electrons. The Kier molecular flexibility index (Phi) is 9.67. The quantitative estimate of drug-likeness (QED) is 0.653. The molecule has 6 heteroatoms.